The Morgan fingerprint density at radius 1 is 1.50 bits per heavy atom. The Hall–Kier alpha value is -2.23. The summed E-state index contributed by atoms with van der Waals surface area (Å²) in [5.74, 6) is 2.83. The zero-order valence-electron chi connectivity index (χ0n) is 9.34. The van der Waals surface area contributed by atoms with E-state index in [9.17, 15) is 18.0 Å². The number of carbonyl (C=O) groups is 1. The van der Waals surface area contributed by atoms with Crippen LogP contribution < -0.4 is 5.73 Å². The Kier molecular flexibility index (Phi) is 4.15. The molecule has 18 heavy (non-hydrogen) atoms. The van der Waals surface area contributed by atoms with E-state index in [2.05, 4.69) is 15.6 Å². The summed E-state index contributed by atoms with van der Waals surface area (Å²) >= 11 is 0. The van der Waals surface area contributed by atoms with Crippen LogP contribution in [0.25, 0.3) is 0 Å². The van der Waals surface area contributed by atoms with Gasteiger partial charge in [0.25, 0.3) is 0 Å². The van der Waals surface area contributed by atoms with Crippen molar-refractivity contribution in [3.63, 3.8) is 0 Å². The number of anilines is 1. The highest BCUT2D eigenvalue weighted by Crippen LogP contribution is 2.30. The number of ether oxygens (including phenoxy) is 1. The fourth-order valence-electron chi connectivity index (χ4n) is 1.08. The molecule has 0 aliphatic carbocycles. The van der Waals surface area contributed by atoms with E-state index in [1.165, 1.54) is 6.07 Å². The Labute approximate surface area is 101 Å². The van der Waals surface area contributed by atoms with Gasteiger partial charge in [0.15, 0.2) is 5.69 Å². The van der Waals surface area contributed by atoms with Crippen molar-refractivity contribution in [3.05, 3.63) is 23.4 Å². The summed E-state index contributed by atoms with van der Waals surface area (Å²) in [6, 6.07) is 2.22. The number of nitrogen functional groups attached to an aromatic ring is 1. The van der Waals surface area contributed by atoms with Crippen LogP contribution in [0.4, 0.5) is 19.0 Å². The first kappa shape index (κ1) is 13.8. The van der Waals surface area contributed by atoms with Gasteiger partial charge in [0.05, 0.1) is 12.2 Å². The number of hydrogen-bond acceptors (Lipinski definition) is 4. The molecule has 0 saturated heterocycles. The van der Waals surface area contributed by atoms with Gasteiger partial charge in [-0.05, 0) is 19.1 Å². The first-order valence-electron chi connectivity index (χ1n) is 4.87. The maximum Gasteiger partial charge on any atom is 0.434 e. The van der Waals surface area contributed by atoms with Crippen LogP contribution in [0, 0.1) is 11.8 Å². The Balaban J connectivity index is 3.13. The van der Waals surface area contributed by atoms with E-state index in [4.69, 9.17) is 5.73 Å². The molecule has 0 unspecified atom stereocenters. The summed E-state index contributed by atoms with van der Waals surface area (Å²) in [7, 11) is 0. The Bertz CT molecular complexity index is 515. The van der Waals surface area contributed by atoms with E-state index in [0.29, 0.717) is 0 Å². The number of halogens is 3. The van der Waals surface area contributed by atoms with Crippen molar-refractivity contribution >= 4 is 11.8 Å². The molecule has 4 nitrogen and oxygen atoms in total. The average Bonchev–Trinajstić information content (AvgIpc) is 2.26. The lowest BCUT2D eigenvalue weighted by atomic mass is 10.2. The number of alkyl halides is 3. The highest BCUT2D eigenvalue weighted by Gasteiger charge is 2.35. The number of esters is 1. The minimum absolute atomic E-state index is 0.0969. The second-order valence-electron chi connectivity index (χ2n) is 3.10. The predicted octanol–water partition coefficient (Wildman–Crippen LogP) is 1.60. The van der Waals surface area contributed by atoms with Crippen LogP contribution in [0.2, 0.25) is 0 Å². The van der Waals surface area contributed by atoms with Crippen molar-refractivity contribution in [2.75, 3.05) is 12.3 Å². The smallest absolute Gasteiger partial charge is 0.434 e. The second kappa shape index (κ2) is 5.40. The molecule has 7 heteroatoms. The number of hydrogen-bond donors (Lipinski definition) is 1. The largest absolute Gasteiger partial charge is 0.456 e. The van der Waals surface area contributed by atoms with Crippen LogP contribution >= 0.6 is 0 Å². The molecule has 0 aromatic carbocycles. The van der Waals surface area contributed by atoms with Gasteiger partial charge in [-0.2, -0.15) is 13.2 Å². The second-order valence-corrected chi connectivity index (χ2v) is 3.10. The fraction of sp³-hybridized carbons (Fsp3) is 0.273. The van der Waals surface area contributed by atoms with Crippen LogP contribution in [-0.2, 0) is 15.7 Å². The van der Waals surface area contributed by atoms with Crippen molar-refractivity contribution in [2.24, 2.45) is 0 Å². The van der Waals surface area contributed by atoms with Crippen LogP contribution in [0.3, 0.4) is 0 Å². The SMILES string of the molecule is CCOC(=O)C#Cc1ccc(N)nc1C(F)(F)F. The van der Waals surface area contributed by atoms with Crippen molar-refractivity contribution in [1.82, 2.24) is 4.98 Å². The van der Waals surface area contributed by atoms with Crippen molar-refractivity contribution < 1.29 is 22.7 Å². The molecule has 2 N–H and O–H groups in total. The first-order valence-corrected chi connectivity index (χ1v) is 4.87. The minimum Gasteiger partial charge on any atom is -0.456 e. The molecule has 0 spiro atoms. The molecule has 96 valence electrons. The van der Waals surface area contributed by atoms with E-state index in [1.54, 1.807) is 6.92 Å². The topological polar surface area (TPSA) is 65.2 Å². The Morgan fingerprint density at radius 2 is 2.17 bits per heavy atom. The quantitative estimate of drug-likeness (QED) is 0.613. The zero-order valence-corrected chi connectivity index (χ0v) is 9.34. The number of aromatic nitrogens is 1. The highest BCUT2D eigenvalue weighted by molar-refractivity contribution is 5.89. The molecule has 0 radical (unpaired) electrons. The number of nitrogens with zero attached hydrogens (tertiary/aromatic N) is 1. The van der Waals surface area contributed by atoms with Crippen LogP contribution in [0.1, 0.15) is 18.2 Å². The summed E-state index contributed by atoms with van der Waals surface area (Å²) < 4.78 is 42.3. The molecule has 0 atom stereocenters. The standard InChI is InChI=1S/C11H9F3N2O2/c1-2-18-9(17)6-4-7-3-5-8(15)16-10(7)11(12,13)14/h3,5H,2H2,1H3,(H2,15,16). The van der Waals surface area contributed by atoms with Crippen LogP contribution in [0.5, 0.6) is 0 Å². The van der Waals surface area contributed by atoms with Gasteiger partial charge >= 0.3 is 12.1 Å². The molecule has 0 aliphatic heterocycles. The van der Waals surface area contributed by atoms with Gasteiger partial charge < -0.3 is 10.5 Å². The summed E-state index contributed by atoms with van der Waals surface area (Å²) in [4.78, 5) is 14.1. The maximum atomic E-state index is 12.6. The molecular weight excluding hydrogens is 249 g/mol. The summed E-state index contributed by atoms with van der Waals surface area (Å²) in [6.45, 7) is 1.66. The number of nitrogens with two attached hydrogens (primary N) is 1. The van der Waals surface area contributed by atoms with E-state index >= 15 is 0 Å². The van der Waals surface area contributed by atoms with E-state index in [-0.39, 0.29) is 12.4 Å². The molecule has 0 amide bonds. The third-order valence-corrected chi connectivity index (χ3v) is 1.76. The van der Waals surface area contributed by atoms with Gasteiger partial charge in [-0.25, -0.2) is 9.78 Å². The average molecular weight is 258 g/mol. The molecule has 0 saturated carbocycles. The summed E-state index contributed by atoms with van der Waals surface area (Å²) in [5, 5.41) is 0. The Morgan fingerprint density at radius 3 is 2.72 bits per heavy atom. The third-order valence-electron chi connectivity index (χ3n) is 1.76. The van der Waals surface area contributed by atoms with Gasteiger partial charge in [-0.1, -0.05) is 5.92 Å². The van der Waals surface area contributed by atoms with Crippen molar-refractivity contribution in [3.8, 4) is 11.8 Å². The van der Waals surface area contributed by atoms with Gasteiger partial charge in [0.2, 0.25) is 0 Å². The monoisotopic (exact) mass is 258 g/mol. The third kappa shape index (κ3) is 3.66. The molecule has 1 heterocycles. The van der Waals surface area contributed by atoms with E-state index in [1.807, 2.05) is 5.92 Å². The molecule has 1 aromatic heterocycles. The zero-order chi connectivity index (χ0) is 13.8. The van der Waals surface area contributed by atoms with Gasteiger partial charge in [0, 0.05) is 5.92 Å². The molecular formula is C11H9F3N2O2. The van der Waals surface area contributed by atoms with Crippen molar-refractivity contribution in [2.45, 2.75) is 13.1 Å². The van der Waals surface area contributed by atoms with E-state index < -0.39 is 23.4 Å². The molecule has 1 aromatic rings. The van der Waals surface area contributed by atoms with Crippen LogP contribution in [0.15, 0.2) is 12.1 Å². The number of rotatable bonds is 1. The van der Waals surface area contributed by atoms with E-state index in [0.717, 1.165) is 6.07 Å². The summed E-state index contributed by atoms with van der Waals surface area (Å²) in [5.41, 5.74) is 3.53. The number of carbonyl (C=O) groups excluding carboxylic acids is 1. The molecule has 0 bridgehead atoms. The highest BCUT2D eigenvalue weighted by atomic mass is 19.4. The van der Waals surface area contributed by atoms with Crippen LogP contribution in [-0.4, -0.2) is 17.6 Å². The first-order chi connectivity index (χ1) is 8.34. The predicted molar refractivity (Wildman–Crippen MR) is 57.2 cm³/mol. The molecule has 0 aliphatic rings. The molecule has 1 rings (SSSR count). The van der Waals surface area contributed by atoms with Gasteiger partial charge in [-0.15, -0.1) is 0 Å². The van der Waals surface area contributed by atoms with Gasteiger partial charge in [-0.3, -0.25) is 0 Å². The normalized spacial score (nSPS) is 10.4. The minimum atomic E-state index is -4.69. The molecule has 0 fully saturated rings. The summed E-state index contributed by atoms with van der Waals surface area (Å²) in [6.07, 6.45) is -4.69. The lowest BCUT2D eigenvalue weighted by Gasteiger charge is -2.08. The lowest BCUT2D eigenvalue weighted by Crippen LogP contribution is -2.12. The fourth-order valence-corrected chi connectivity index (χ4v) is 1.08. The lowest BCUT2D eigenvalue weighted by molar-refractivity contribution is -0.141. The van der Waals surface area contributed by atoms with Crippen molar-refractivity contribution in [1.29, 1.82) is 0 Å². The van der Waals surface area contributed by atoms with Gasteiger partial charge in [0.1, 0.15) is 5.82 Å². The maximum absolute atomic E-state index is 12.6. The number of pyridine rings is 1.